The van der Waals surface area contributed by atoms with E-state index < -0.39 is 0 Å². The first kappa shape index (κ1) is 19.0. The monoisotopic (exact) mass is 402 g/mol. The van der Waals surface area contributed by atoms with E-state index in [0.29, 0.717) is 5.39 Å². The Balaban J connectivity index is 1.90. The second kappa shape index (κ2) is 7.69. The van der Waals surface area contributed by atoms with E-state index in [1.807, 2.05) is 47.9 Å². The van der Waals surface area contributed by atoms with Crippen molar-refractivity contribution in [1.29, 1.82) is 0 Å². The van der Waals surface area contributed by atoms with Crippen molar-refractivity contribution in [3.05, 3.63) is 113 Å². The molecule has 3 aromatic carbocycles. The number of allylic oxidation sites excluding steroid dienone is 2. The van der Waals surface area contributed by atoms with Crippen LogP contribution in [0.25, 0.3) is 44.1 Å². The number of hydrogen-bond donors (Lipinski definition) is 0. The minimum atomic E-state index is -0.0367. The SMILES string of the molecule is CC=C(C)c1cc(-c2ccccc2)cc(-n2c(=O)c3ccncc3c3ccccc32)c1. The fourth-order valence-electron chi connectivity index (χ4n) is 4.11. The van der Waals surface area contributed by atoms with E-state index >= 15 is 0 Å². The molecule has 3 nitrogen and oxygen atoms in total. The molecule has 0 saturated heterocycles. The molecule has 3 heteroatoms. The third kappa shape index (κ3) is 3.24. The van der Waals surface area contributed by atoms with Crippen LogP contribution >= 0.6 is 0 Å². The zero-order chi connectivity index (χ0) is 21.4. The van der Waals surface area contributed by atoms with Crippen molar-refractivity contribution in [3.8, 4) is 16.8 Å². The van der Waals surface area contributed by atoms with E-state index in [4.69, 9.17) is 0 Å². The van der Waals surface area contributed by atoms with Gasteiger partial charge in [-0.15, -0.1) is 0 Å². The van der Waals surface area contributed by atoms with Gasteiger partial charge in [0.25, 0.3) is 5.56 Å². The van der Waals surface area contributed by atoms with Gasteiger partial charge in [0.15, 0.2) is 0 Å². The minimum absolute atomic E-state index is 0.0367. The number of pyridine rings is 2. The van der Waals surface area contributed by atoms with Crippen LogP contribution in [0, 0.1) is 0 Å². The molecule has 5 aromatic rings. The van der Waals surface area contributed by atoms with Gasteiger partial charge in [0.05, 0.1) is 16.6 Å². The first-order chi connectivity index (χ1) is 15.2. The van der Waals surface area contributed by atoms with Crippen molar-refractivity contribution in [2.75, 3.05) is 0 Å². The zero-order valence-corrected chi connectivity index (χ0v) is 17.5. The number of aromatic nitrogens is 2. The Morgan fingerprint density at radius 3 is 2.42 bits per heavy atom. The Bertz CT molecular complexity index is 1510. The lowest BCUT2D eigenvalue weighted by Crippen LogP contribution is -2.19. The Morgan fingerprint density at radius 1 is 0.839 bits per heavy atom. The van der Waals surface area contributed by atoms with Gasteiger partial charge in [-0.05, 0) is 66.4 Å². The van der Waals surface area contributed by atoms with E-state index in [-0.39, 0.29) is 5.56 Å². The van der Waals surface area contributed by atoms with E-state index in [2.05, 4.69) is 54.4 Å². The molecule has 0 aliphatic heterocycles. The summed E-state index contributed by atoms with van der Waals surface area (Å²) in [6, 6.07) is 26.5. The summed E-state index contributed by atoms with van der Waals surface area (Å²) in [4.78, 5) is 17.9. The Hall–Kier alpha value is -3.98. The largest absolute Gasteiger partial charge is 0.276 e. The average molecular weight is 402 g/mol. The summed E-state index contributed by atoms with van der Waals surface area (Å²) >= 11 is 0. The van der Waals surface area contributed by atoms with Gasteiger partial charge in [-0.3, -0.25) is 14.3 Å². The number of fused-ring (bicyclic) bond motifs is 3. The van der Waals surface area contributed by atoms with Gasteiger partial charge in [0.1, 0.15) is 0 Å². The predicted octanol–water partition coefficient (Wildman–Crippen LogP) is 6.63. The maximum Gasteiger partial charge on any atom is 0.263 e. The number of para-hydroxylation sites is 1. The van der Waals surface area contributed by atoms with Crippen LogP contribution in [0.4, 0.5) is 0 Å². The zero-order valence-electron chi connectivity index (χ0n) is 17.5. The van der Waals surface area contributed by atoms with Crippen LogP contribution in [0.1, 0.15) is 19.4 Å². The maximum atomic E-state index is 13.7. The summed E-state index contributed by atoms with van der Waals surface area (Å²) in [6.07, 6.45) is 5.55. The van der Waals surface area contributed by atoms with Crippen molar-refractivity contribution in [2.24, 2.45) is 0 Å². The summed E-state index contributed by atoms with van der Waals surface area (Å²) < 4.78 is 1.83. The van der Waals surface area contributed by atoms with Crippen molar-refractivity contribution < 1.29 is 0 Å². The average Bonchev–Trinajstić information content (AvgIpc) is 2.84. The van der Waals surface area contributed by atoms with Gasteiger partial charge in [0.2, 0.25) is 0 Å². The topological polar surface area (TPSA) is 34.9 Å². The van der Waals surface area contributed by atoms with Crippen LogP contribution < -0.4 is 5.56 Å². The van der Waals surface area contributed by atoms with Crippen molar-refractivity contribution in [2.45, 2.75) is 13.8 Å². The van der Waals surface area contributed by atoms with Crippen LogP contribution in [0.2, 0.25) is 0 Å². The Labute approximate surface area is 180 Å². The molecule has 0 N–H and O–H groups in total. The van der Waals surface area contributed by atoms with E-state index in [1.165, 1.54) is 5.57 Å². The van der Waals surface area contributed by atoms with Crippen molar-refractivity contribution >= 4 is 27.2 Å². The molecular weight excluding hydrogens is 380 g/mol. The van der Waals surface area contributed by atoms with E-state index in [1.54, 1.807) is 18.5 Å². The van der Waals surface area contributed by atoms with Crippen molar-refractivity contribution in [1.82, 2.24) is 9.55 Å². The third-order valence-electron chi connectivity index (χ3n) is 5.86. The smallest absolute Gasteiger partial charge is 0.263 e. The normalized spacial score (nSPS) is 11.9. The van der Waals surface area contributed by atoms with Gasteiger partial charge >= 0.3 is 0 Å². The van der Waals surface area contributed by atoms with E-state index in [9.17, 15) is 4.79 Å². The maximum absolute atomic E-state index is 13.7. The first-order valence-corrected chi connectivity index (χ1v) is 10.4. The van der Waals surface area contributed by atoms with Crippen LogP contribution in [-0.4, -0.2) is 9.55 Å². The minimum Gasteiger partial charge on any atom is -0.276 e. The number of benzene rings is 3. The van der Waals surface area contributed by atoms with Crippen molar-refractivity contribution in [3.63, 3.8) is 0 Å². The molecule has 0 amide bonds. The summed E-state index contributed by atoms with van der Waals surface area (Å²) in [5.74, 6) is 0. The van der Waals surface area contributed by atoms with Gasteiger partial charge in [0, 0.05) is 23.2 Å². The highest BCUT2D eigenvalue weighted by Gasteiger charge is 2.14. The predicted molar refractivity (Wildman–Crippen MR) is 130 cm³/mol. The third-order valence-corrected chi connectivity index (χ3v) is 5.86. The quantitative estimate of drug-likeness (QED) is 0.318. The fourth-order valence-corrected chi connectivity index (χ4v) is 4.11. The van der Waals surface area contributed by atoms with Gasteiger partial charge < -0.3 is 0 Å². The molecule has 0 saturated carbocycles. The second-order valence-electron chi connectivity index (χ2n) is 7.69. The fraction of sp³-hybridized carbons (Fsp3) is 0.0714. The number of rotatable bonds is 3. The first-order valence-electron chi connectivity index (χ1n) is 10.4. The molecule has 5 rings (SSSR count). The molecule has 0 radical (unpaired) electrons. The Kier molecular flexibility index (Phi) is 4.72. The summed E-state index contributed by atoms with van der Waals surface area (Å²) in [5, 5.41) is 2.56. The molecule has 0 fully saturated rings. The Morgan fingerprint density at radius 2 is 1.61 bits per heavy atom. The van der Waals surface area contributed by atoms with E-state index in [0.717, 1.165) is 38.7 Å². The lowest BCUT2D eigenvalue weighted by Gasteiger charge is -2.16. The van der Waals surface area contributed by atoms with Crippen LogP contribution in [0.3, 0.4) is 0 Å². The molecule has 31 heavy (non-hydrogen) atoms. The highest BCUT2D eigenvalue weighted by atomic mass is 16.1. The molecule has 0 unspecified atom stereocenters. The molecule has 0 atom stereocenters. The lowest BCUT2D eigenvalue weighted by molar-refractivity contribution is 1.06. The summed E-state index contributed by atoms with van der Waals surface area (Å²) in [7, 11) is 0. The molecule has 0 aliphatic rings. The summed E-state index contributed by atoms with van der Waals surface area (Å²) in [6.45, 7) is 4.13. The van der Waals surface area contributed by atoms with Crippen LogP contribution in [0.15, 0.2) is 102 Å². The number of hydrogen-bond acceptors (Lipinski definition) is 2. The lowest BCUT2D eigenvalue weighted by atomic mass is 9.98. The molecule has 0 spiro atoms. The highest BCUT2D eigenvalue weighted by molar-refractivity contribution is 6.05. The highest BCUT2D eigenvalue weighted by Crippen LogP contribution is 2.30. The molecule has 2 heterocycles. The van der Waals surface area contributed by atoms with Crippen LogP contribution in [0.5, 0.6) is 0 Å². The van der Waals surface area contributed by atoms with Gasteiger partial charge in [-0.2, -0.15) is 0 Å². The molecule has 0 bridgehead atoms. The van der Waals surface area contributed by atoms with Crippen LogP contribution in [-0.2, 0) is 0 Å². The van der Waals surface area contributed by atoms with Gasteiger partial charge in [-0.25, -0.2) is 0 Å². The second-order valence-corrected chi connectivity index (χ2v) is 7.69. The summed E-state index contributed by atoms with van der Waals surface area (Å²) in [5.41, 5.74) is 6.17. The molecule has 2 aromatic heterocycles. The molecule has 150 valence electrons. The standard InChI is InChI=1S/C28H22N2O/c1-3-19(2)21-15-22(20-9-5-4-6-10-20)17-23(16-21)30-27-12-8-7-11-24(27)26-18-29-14-13-25(26)28(30)31/h3-18H,1-2H3. The molecular formula is C28H22N2O. The number of nitrogens with zero attached hydrogens (tertiary/aromatic N) is 2. The molecule has 0 aliphatic carbocycles. The van der Waals surface area contributed by atoms with Gasteiger partial charge in [-0.1, -0.05) is 54.6 Å².